The fourth-order valence-corrected chi connectivity index (χ4v) is 3.80. The van der Waals surface area contributed by atoms with Crippen molar-refractivity contribution < 1.29 is 22.9 Å². The van der Waals surface area contributed by atoms with Gasteiger partial charge in [-0.3, -0.25) is 10.1 Å². The summed E-state index contributed by atoms with van der Waals surface area (Å²) in [6, 6.07) is 7.32. The summed E-state index contributed by atoms with van der Waals surface area (Å²) in [5.41, 5.74) is 3.28. The Morgan fingerprint density at radius 2 is 1.66 bits per heavy atom. The third-order valence-corrected chi connectivity index (χ3v) is 5.84. The number of carbonyl (C=O) groups excluding carboxylic acids is 1. The summed E-state index contributed by atoms with van der Waals surface area (Å²) in [7, 11) is -3.80. The molecule has 0 aliphatic heterocycles. The highest BCUT2D eigenvalue weighted by Gasteiger charge is 2.25. The fraction of sp³-hybridized carbons (Fsp3) is 0.381. The molecule has 0 unspecified atom stereocenters. The molecule has 0 atom stereocenters. The molecule has 0 heterocycles. The molecule has 156 valence electrons. The predicted molar refractivity (Wildman–Crippen MR) is 110 cm³/mol. The van der Waals surface area contributed by atoms with E-state index in [0.717, 1.165) is 35.1 Å². The van der Waals surface area contributed by atoms with Crippen molar-refractivity contribution in [3.63, 3.8) is 0 Å². The molecule has 0 fully saturated rings. The van der Waals surface area contributed by atoms with Gasteiger partial charge in [0.25, 0.3) is 5.69 Å². The Morgan fingerprint density at radius 3 is 2.10 bits per heavy atom. The highest BCUT2D eigenvalue weighted by Crippen LogP contribution is 2.28. The quantitative estimate of drug-likeness (QED) is 0.407. The summed E-state index contributed by atoms with van der Waals surface area (Å²) in [5, 5.41) is 11.2. The van der Waals surface area contributed by atoms with Crippen molar-refractivity contribution >= 4 is 21.5 Å². The van der Waals surface area contributed by atoms with Gasteiger partial charge in [-0.15, -0.1) is 0 Å². The average Bonchev–Trinajstić information content (AvgIpc) is 2.58. The van der Waals surface area contributed by atoms with Crippen LogP contribution in [0.25, 0.3) is 0 Å². The summed E-state index contributed by atoms with van der Waals surface area (Å²) in [6.45, 7) is 10.3. The van der Waals surface area contributed by atoms with E-state index in [1.54, 1.807) is 0 Å². The minimum Gasteiger partial charge on any atom is -0.457 e. The molecule has 0 saturated heterocycles. The molecule has 0 bridgehead atoms. The lowest BCUT2D eigenvalue weighted by Gasteiger charge is -2.22. The SMILES string of the molecule is Cc1cc(C(C)(C)C)cc(C)c1COC(=O)c1ccc(S(C)(=O)=O)c([N+](=O)[O-])c1. The Morgan fingerprint density at radius 1 is 1.10 bits per heavy atom. The van der Waals surface area contributed by atoms with E-state index in [9.17, 15) is 23.3 Å². The highest BCUT2D eigenvalue weighted by molar-refractivity contribution is 7.90. The zero-order valence-electron chi connectivity index (χ0n) is 17.4. The number of nitro groups is 1. The van der Waals surface area contributed by atoms with Crippen LogP contribution in [-0.4, -0.2) is 25.6 Å². The van der Waals surface area contributed by atoms with Gasteiger partial charge in [0.1, 0.15) is 11.5 Å². The molecule has 0 radical (unpaired) electrons. The second-order valence-electron chi connectivity index (χ2n) is 8.13. The van der Waals surface area contributed by atoms with Gasteiger partial charge in [-0.25, -0.2) is 13.2 Å². The van der Waals surface area contributed by atoms with Crippen LogP contribution in [0.5, 0.6) is 0 Å². The van der Waals surface area contributed by atoms with Crippen LogP contribution in [0.3, 0.4) is 0 Å². The van der Waals surface area contributed by atoms with Gasteiger partial charge < -0.3 is 4.74 Å². The van der Waals surface area contributed by atoms with Crippen molar-refractivity contribution in [2.45, 2.75) is 51.5 Å². The smallest absolute Gasteiger partial charge is 0.338 e. The van der Waals surface area contributed by atoms with Gasteiger partial charge in [-0.05, 0) is 53.6 Å². The number of hydrogen-bond acceptors (Lipinski definition) is 6. The van der Waals surface area contributed by atoms with Crippen molar-refractivity contribution in [3.05, 3.63) is 68.3 Å². The average molecular weight is 419 g/mol. The molecular weight excluding hydrogens is 394 g/mol. The summed E-state index contributed by atoms with van der Waals surface area (Å²) >= 11 is 0. The second kappa shape index (κ2) is 7.94. The third-order valence-electron chi connectivity index (χ3n) is 4.70. The predicted octanol–water partition coefficient (Wildman–Crippen LogP) is 4.27. The molecule has 0 aliphatic carbocycles. The van der Waals surface area contributed by atoms with Crippen molar-refractivity contribution in [1.82, 2.24) is 0 Å². The first-order valence-electron chi connectivity index (χ1n) is 8.98. The van der Waals surface area contributed by atoms with Crippen LogP contribution < -0.4 is 0 Å². The molecule has 8 heteroatoms. The molecular formula is C21H25NO6S. The van der Waals surface area contributed by atoms with Crippen molar-refractivity contribution in [3.8, 4) is 0 Å². The number of hydrogen-bond donors (Lipinski definition) is 0. The van der Waals surface area contributed by atoms with Gasteiger partial charge in [0.05, 0.1) is 10.5 Å². The molecule has 0 N–H and O–H groups in total. The normalized spacial score (nSPS) is 11.9. The van der Waals surface area contributed by atoms with Gasteiger partial charge in [-0.2, -0.15) is 0 Å². The number of nitrogens with zero attached hydrogens (tertiary/aromatic N) is 1. The van der Waals surface area contributed by atoms with E-state index in [1.807, 2.05) is 13.8 Å². The largest absolute Gasteiger partial charge is 0.457 e. The van der Waals surface area contributed by atoms with Gasteiger partial charge in [0.2, 0.25) is 0 Å². The maximum atomic E-state index is 12.4. The number of benzene rings is 2. The molecule has 29 heavy (non-hydrogen) atoms. The lowest BCUT2D eigenvalue weighted by Crippen LogP contribution is -2.13. The molecule has 0 aliphatic rings. The minimum absolute atomic E-state index is 0.00891. The van der Waals surface area contributed by atoms with E-state index in [0.29, 0.717) is 0 Å². The number of aryl methyl sites for hydroxylation is 2. The summed E-state index contributed by atoms with van der Waals surface area (Å²) in [6.07, 6.45) is 0.875. The van der Waals surface area contributed by atoms with E-state index >= 15 is 0 Å². The van der Waals surface area contributed by atoms with Crippen LogP contribution in [0.4, 0.5) is 5.69 Å². The van der Waals surface area contributed by atoms with E-state index in [-0.39, 0.29) is 17.6 Å². The Hall–Kier alpha value is -2.74. The Labute approximate surface area is 170 Å². The number of nitro benzene ring substituents is 1. The fourth-order valence-electron chi connectivity index (χ4n) is 2.98. The number of rotatable bonds is 5. The van der Waals surface area contributed by atoms with Crippen LogP contribution in [0.2, 0.25) is 0 Å². The lowest BCUT2D eigenvalue weighted by atomic mass is 9.84. The Bertz CT molecular complexity index is 1060. The second-order valence-corrected chi connectivity index (χ2v) is 10.1. The van der Waals surface area contributed by atoms with Crippen LogP contribution in [0.1, 0.15) is 53.4 Å². The maximum Gasteiger partial charge on any atom is 0.338 e. The van der Waals surface area contributed by atoms with Crippen LogP contribution in [-0.2, 0) is 26.6 Å². The lowest BCUT2D eigenvalue weighted by molar-refractivity contribution is -0.387. The van der Waals surface area contributed by atoms with Crippen LogP contribution >= 0.6 is 0 Å². The first-order chi connectivity index (χ1) is 13.2. The van der Waals surface area contributed by atoms with Crippen LogP contribution in [0, 0.1) is 24.0 Å². The first-order valence-corrected chi connectivity index (χ1v) is 10.9. The number of sulfone groups is 1. The summed E-state index contributed by atoms with van der Waals surface area (Å²) in [5.74, 6) is -0.758. The monoisotopic (exact) mass is 419 g/mol. The molecule has 2 aromatic carbocycles. The van der Waals surface area contributed by atoms with Crippen LogP contribution in [0.15, 0.2) is 35.2 Å². The Balaban J connectivity index is 2.28. The van der Waals surface area contributed by atoms with Crippen molar-refractivity contribution in [1.29, 1.82) is 0 Å². The molecule has 7 nitrogen and oxygen atoms in total. The highest BCUT2D eigenvalue weighted by atomic mass is 32.2. The van der Waals surface area contributed by atoms with E-state index < -0.39 is 31.3 Å². The summed E-state index contributed by atoms with van der Waals surface area (Å²) < 4.78 is 28.8. The molecule has 2 aromatic rings. The molecule has 0 amide bonds. The molecule has 0 spiro atoms. The van der Waals surface area contributed by atoms with Crippen molar-refractivity contribution in [2.75, 3.05) is 6.26 Å². The molecule has 2 rings (SSSR count). The minimum atomic E-state index is -3.80. The van der Waals surface area contributed by atoms with E-state index in [2.05, 4.69) is 32.9 Å². The molecule has 0 saturated carbocycles. The maximum absolute atomic E-state index is 12.4. The number of carbonyl (C=O) groups is 1. The zero-order chi connectivity index (χ0) is 22.1. The van der Waals surface area contributed by atoms with E-state index in [4.69, 9.17) is 4.74 Å². The molecule has 0 aromatic heterocycles. The number of ether oxygens (including phenoxy) is 1. The van der Waals surface area contributed by atoms with Gasteiger partial charge in [0.15, 0.2) is 9.84 Å². The zero-order valence-corrected chi connectivity index (χ0v) is 18.2. The first kappa shape index (κ1) is 22.5. The van der Waals surface area contributed by atoms with Gasteiger partial charge in [-0.1, -0.05) is 32.9 Å². The number of esters is 1. The standard InChI is InChI=1S/C21H25NO6S/c1-13-9-16(21(3,4)5)10-14(2)17(13)12-28-20(23)15-7-8-19(29(6,26)27)18(11-15)22(24)25/h7-11H,12H2,1-6H3. The van der Waals surface area contributed by atoms with Crippen molar-refractivity contribution in [2.24, 2.45) is 0 Å². The summed E-state index contributed by atoms with van der Waals surface area (Å²) in [4.78, 5) is 22.4. The van der Waals surface area contributed by atoms with Gasteiger partial charge in [0, 0.05) is 12.3 Å². The Kier molecular flexibility index (Phi) is 6.18. The third kappa shape index (κ3) is 5.20. The van der Waals surface area contributed by atoms with Gasteiger partial charge >= 0.3 is 5.97 Å². The van der Waals surface area contributed by atoms with E-state index in [1.165, 1.54) is 11.6 Å². The topological polar surface area (TPSA) is 104 Å².